The fourth-order valence-corrected chi connectivity index (χ4v) is 1.46. The molecule has 0 aliphatic heterocycles. The average molecular weight is 252 g/mol. The number of hydrogen-bond donors (Lipinski definition) is 1. The lowest BCUT2D eigenvalue weighted by Crippen LogP contribution is -2.20. The molecule has 1 rings (SSSR count). The van der Waals surface area contributed by atoms with E-state index in [1.165, 1.54) is 0 Å². The van der Waals surface area contributed by atoms with E-state index in [2.05, 4.69) is 0 Å². The largest absolute Gasteiger partial charge is 0.490 e. The molecular formula is C13H20N2O3. The molecule has 0 bridgehead atoms. The number of anilines is 1. The Kier molecular flexibility index (Phi) is 5.45. The third kappa shape index (κ3) is 3.92. The molecule has 0 fully saturated rings. The second-order valence-electron chi connectivity index (χ2n) is 4.14. The van der Waals surface area contributed by atoms with Crippen LogP contribution < -0.4 is 15.2 Å². The van der Waals surface area contributed by atoms with Crippen molar-refractivity contribution in [3.63, 3.8) is 0 Å². The fourth-order valence-electron chi connectivity index (χ4n) is 1.46. The summed E-state index contributed by atoms with van der Waals surface area (Å²) < 4.78 is 11.1. The van der Waals surface area contributed by atoms with Crippen molar-refractivity contribution in [3.05, 3.63) is 17.7 Å². The van der Waals surface area contributed by atoms with E-state index in [-0.39, 0.29) is 0 Å². The lowest BCUT2D eigenvalue weighted by atomic mass is 10.2. The summed E-state index contributed by atoms with van der Waals surface area (Å²) in [5.74, 6) is 1.02. The predicted molar refractivity (Wildman–Crippen MR) is 71.5 cm³/mol. The van der Waals surface area contributed by atoms with Gasteiger partial charge in [-0.05, 0) is 33.2 Å². The number of aldehydes is 1. The van der Waals surface area contributed by atoms with Crippen LogP contribution in [0.4, 0.5) is 5.69 Å². The summed E-state index contributed by atoms with van der Waals surface area (Å²) in [6.07, 6.45) is 0.739. The summed E-state index contributed by atoms with van der Waals surface area (Å²) >= 11 is 0. The summed E-state index contributed by atoms with van der Waals surface area (Å²) in [6.45, 7) is 3.65. The molecular weight excluding hydrogens is 232 g/mol. The molecule has 2 N–H and O–H groups in total. The molecule has 0 unspecified atom stereocenters. The zero-order valence-electron chi connectivity index (χ0n) is 11.1. The second-order valence-corrected chi connectivity index (χ2v) is 4.14. The number of carbonyl (C=O) groups excluding carboxylic acids is 1. The van der Waals surface area contributed by atoms with Gasteiger partial charge in [0.2, 0.25) is 0 Å². The van der Waals surface area contributed by atoms with Crippen LogP contribution in [-0.2, 0) is 0 Å². The van der Waals surface area contributed by atoms with Gasteiger partial charge in [0.1, 0.15) is 12.9 Å². The van der Waals surface area contributed by atoms with Crippen molar-refractivity contribution < 1.29 is 14.3 Å². The van der Waals surface area contributed by atoms with E-state index in [1.807, 2.05) is 25.9 Å². The first kappa shape index (κ1) is 14.3. The van der Waals surface area contributed by atoms with Crippen molar-refractivity contribution in [2.75, 3.05) is 39.6 Å². The lowest BCUT2D eigenvalue weighted by molar-refractivity contribution is 0.112. The topological polar surface area (TPSA) is 64.8 Å². The molecule has 1 aromatic rings. The maximum absolute atomic E-state index is 10.8. The van der Waals surface area contributed by atoms with Gasteiger partial charge >= 0.3 is 0 Å². The van der Waals surface area contributed by atoms with Crippen molar-refractivity contribution in [2.45, 2.75) is 6.92 Å². The summed E-state index contributed by atoms with van der Waals surface area (Å²) in [5, 5.41) is 0. The first-order valence-electron chi connectivity index (χ1n) is 5.87. The molecule has 0 heterocycles. The molecule has 100 valence electrons. The van der Waals surface area contributed by atoms with E-state index in [9.17, 15) is 4.79 Å². The van der Waals surface area contributed by atoms with Crippen LogP contribution in [0.5, 0.6) is 11.5 Å². The van der Waals surface area contributed by atoms with Crippen LogP contribution in [0.25, 0.3) is 0 Å². The minimum Gasteiger partial charge on any atom is -0.490 e. The molecule has 0 aliphatic carbocycles. The van der Waals surface area contributed by atoms with Gasteiger partial charge in [-0.3, -0.25) is 4.79 Å². The van der Waals surface area contributed by atoms with Gasteiger partial charge in [-0.25, -0.2) is 0 Å². The van der Waals surface area contributed by atoms with E-state index >= 15 is 0 Å². The number of nitrogens with zero attached hydrogens (tertiary/aromatic N) is 1. The molecule has 0 amide bonds. The number of rotatable bonds is 7. The van der Waals surface area contributed by atoms with Gasteiger partial charge in [-0.15, -0.1) is 0 Å². The minimum absolute atomic E-state index is 0.418. The number of nitrogens with two attached hydrogens (primary N) is 1. The monoisotopic (exact) mass is 252 g/mol. The number of carbonyl (C=O) groups is 1. The Labute approximate surface area is 107 Å². The molecule has 18 heavy (non-hydrogen) atoms. The van der Waals surface area contributed by atoms with E-state index in [4.69, 9.17) is 15.2 Å². The van der Waals surface area contributed by atoms with Crippen molar-refractivity contribution in [1.82, 2.24) is 4.90 Å². The predicted octanol–water partition coefficient (Wildman–Crippen LogP) is 1.42. The molecule has 0 saturated carbocycles. The molecule has 5 heteroatoms. The Morgan fingerprint density at radius 3 is 2.61 bits per heavy atom. The normalized spacial score (nSPS) is 10.4. The van der Waals surface area contributed by atoms with E-state index in [0.717, 1.165) is 12.8 Å². The summed E-state index contributed by atoms with van der Waals surface area (Å²) in [6, 6.07) is 3.22. The molecule has 0 atom stereocenters. The zero-order valence-corrected chi connectivity index (χ0v) is 11.1. The van der Waals surface area contributed by atoms with Crippen LogP contribution in [-0.4, -0.2) is 45.0 Å². The van der Waals surface area contributed by atoms with Crippen LogP contribution in [0, 0.1) is 0 Å². The van der Waals surface area contributed by atoms with Crippen molar-refractivity contribution in [3.8, 4) is 11.5 Å². The first-order valence-corrected chi connectivity index (χ1v) is 5.87. The average Bonchev–Trinajstić information content (AvgIpc) is 2.32. The molecule has 1 aromatic carbocycles. The highest BCUT2D eigenvalue weighted by molar-refractivity contribution is 5.80. The van der Waals surface area contributed by atoms with Gasteiger partial charge < -0.3 is 20.1 Å². The summed E-state index contributed by atoms with van der Waals surface area (Å²) in [4.78, 5) is 12.8. The third-order valence-corrected chi connectivity index (χ3v) is 2.33. The number of hydrogen-bond acceptors (Lipinski definition) is 5. The Hall–Kier alpha value is -1.75. The quantitative estimate of drug-likeness (QED) is 0.587. The third-order valence-electron chi connectivity index (χ3n) is 2.33. The fraction of sp³-hybridized carbons (Fsp3) is 0.462. The maximum atomic E-state index is 10.8. The number of benzene rings is 1. The first-order chi connectivity index (χ1) is 8.58. The summed E-state index contributed by atoms with van der Waals surface area (Å²) in [5.41, 5.74) is 6.77. The standard InChI is InChI=1S/C13H20N2O3/c1-4-17-12-8-10(9-16)7-11(14)13(12)18-6-5-15(2)3/h7-9H,4-6,14H2,1-3H3. The van der Waals surface area contributed by atoms with Crippen LogP contribution >= 0.6 is 0 Å². The Morgan fingerprint density at radius 1 is 1.33 bits per heavy atom. The molecule has 0 spiro atoms. The van der Waals surface area contributed by atoms with Crippen molar-refractivity contribution in [1.29, 1.82) is 0 Å². The van der Waals surface area contributed by atoms with E-state index < -0.39 is 0 Å². The zero-order chi connectivity index (χ0) is 13.5. The highest BCUT2D eigenvalue weighted by Gasteiger charge is 2.11. The lowest BCUT2D eigenvalue weighted by Gasteiger charge is -2.16. The smallest absolute Gasteiger partial charge is 0.184 e. The Balaban J connectivity index is 2.89. The Morgan fingerprint density at radius 2 is 2.06 bits per heavy atom. The van der Waals surface area contributed by atoms with Gasteiger partial charge in [-0.1, -0.05) is 0 Å². The molecule has 0 saturated heterocycles. The van der Waals surface area contributed by atoms with Crippen molar-refractivity contribution >= 4 is 12.0 Å². The molecule has 5 nitrogen and oxygen atoms in total. The van der Waals surface area contributed by atoms with Gasteiger partial charge in [0.15, 0.2) is 11.5 Å². The van der Waals surface area contributed by atoms with Gasteiger partial charge in [0.25, 0.3) is 0 Å². The van der Waals surface area contributed by atoms with Crippen LogP contribution in [0.3, 0.4) is 0 Å². The Bertz CT molecular complexity index is 405. The molecule has 0 radical (unpaired) electrons. The van der Waals surface area contributed by atoms with Crippen molar-refractivity contribution in [2.24, 2.45) is 0 Å². The highest BCUT2D eigenvalue weighted by atomic mass is 16.5. The van der Waals surface area contributed by atoms with Gasteiger partial charge in [0.05, 0.1) is 12.3 Å². The van der Waals surface area contributed by atoms with E-state index in [0.29, 0.717) is 36.0 Å². The second kappa shape index (κ2) is 6.86. The minimum atomic E-state index is 0.418. The number of likely N-dealkylation sites (N-methyl/N-ethyl adjacent to an activating group) is 1. The number of ether oxygens (including phenoxy) is 2. The van der Waals surface area contributed by atoms with Gasteiger partial charge in [-0.2, -0.15) is 0 Å². The summed E-state index contributed by atoms with van der Waals surface area (Å²) in [7, 11) is 3.93. The van der Waals surface area contributed by atoms with Crippen LogP contribution in [0.1, 0.15) is 17.3 Å². The molecule has 0 aliphatic rings. The SMILES string of the molecule is CCOc1cc(C=O)cc(N)c1OCCN(C)C. The van der Waals surface area contributed by atoms with Crippen LogP contribution in [0.15, 0.2) is 12.1 Å². The molecule has 0 aromatic heterocycles. The van der Waals surface area contributed by atoms with E-state index in [1.54, 1.807) is 12.1 Å². The maximum Gasteiger partial charge on any atom is 0.184 e. The number of nitrogen functional groups attached to an aromatic ring is 1. The highest BCUT2D eigenvalue weighted by Crippen LogP contribution is 2.34. The van der Waals surface area contributed by atoms with Gasteiger partial charge in [0, 0.05) is 12.1 Å². The van der Waals surface area contributed by atoms with Crippen LogP contribution in [0.2, 0.25) is 0 Å².